The molecule has 0 saturated carbocycles. The van der Waals surface area contributed by atoms with Gasteiger partial charge in [-0.2, -0.15) is 0 Å². The monoisotopic (exact) mass is 333 g/mol. The number of amides is 1. The van der Waals surface area contributed by atoms with Crippen LogP contribution in [0.25, 0.3) is 0 Å². The van der Waals surface area contributed by atoms with Crippen molar-refractivity contribution >= 4 is 5.91 Å². The summed E-state index contributed by atoms with van der Waals surface area (Å²) < 4.78 is 5.66. The third kappa shape index (κ3) is 6.59. The Kier molecular flexibility index (Phi) is 8.22. The van der Waals surface area contributed by atoms with Crippen LogP contribution in [-0.2, 0) is 22.6 Å². The fraction of sp³-hybridized carbons (Fsp3) is 0.632. The van der Waals surface area contributed by atoms with Crippen molar-refractivity contribution in [2.75, 3.05) is 32.8 Å². The Bertz CT molecular complexity index is 480. The normalized spacial score (nSPS) is 15.6. The number of hydrogen-bond donors (Lipinski definition) is 2. The van der Waals surface area contributed by atoms with E-state index in [1.54, 1.807) is 0 Å². The number of ether oxygens (including phenoxy) is 1. The molecule has 2 N–H and O–H groups in total. The molecular formula is C19H31N3O2. The van der Waals surface area contributed by atoms with Crippen LogP contribution in [0, 0.1) is 0 Å². The van der Waals surface area contributed by atoms with Crippen LogP contribution < -0.4 is 10.6 Å². The summed E-state index contributed by atoms with van der Waals surface area (Å²) in [4.78, 5) is 14.3. The summed E-state index contributed by atoms with van der Waals surface area (Å²) in [6, 6.07) is 8.47. The second kappa shape index (κ2) is 10.4. The van der Waals surface area contributed by atoms with E-state index in [2.05, 4.69) is 53.6 Å². The Balaban J connectivity index is 1.68. The SMILES string of the molecule is CCN(CC)Cc1ccc(CNC(=O)COC2CCNCC2)cc1. The second-order valence-electron chi connectivity index (χ2n) is 6.31. The molecule has 1 saturated heterocycles. The highest BCUT2D eigenvalue weighted by Gasteiger charge is 2.14. The molecule has 24 heavy (non-hydrogen) atoms. The van der Waals surface area contributed by atoms with Crippen molar-refractivity contribution in [2.24, 2.45) is 0 Å². The topological polar surface area (TPSA) is 53.6 Å². The summed E-state index contributed by atoms with van der Waals surface area (Å²) in [7, 11) is 0. The number of carbonyl (C=O) groups is 1. The van der Waals surface area contributed by atoms with Gasteiger partial charge in [-0.05, 0) is 50.1 Å². The van der Waals surface area contributed by atoms with Gasteiger partial charge < -0.3 is 15.4 Å². The lowest BCUT2D eigenvalue weighted by Gasteiger charge is -2.22. The Morgan fingerprint density at radius 2 is 1.79 bits per heavy atom. The largest absolute Gasteiger partial charge is 0.368 e. The molecule has 5 nitrogen and oxygen atoms in total. The van der Waals surface area contributed by atoms with Crippen LogP contribution in [0.15, 0.2) is 24.3 Å². The van der Waals surface area contributed by atoms with Crippen LogP contribution in [-0.4, -0.2) is 49.7 Å². The molecule has 0 aromatic heterocycles. The van der Waals surface area contributed by atoms with Gasteiger partial charge in [-0.3, -0.25) is 9.69 Å². The van der Waals surface area contributed by atoms with Gasteiger partial charge >= 0.3 is 0 Å². The molecule has 2 rings (SSSR count). The number of benzene rings is 1. The zero-order valence-corrected chi connectivity index (χ0v) is 15.0. The summed E-state index contributed by atoms with van der Waals surface area (Å²) in [6.07, 6.45) is 2.19. The molecular weight excluding hydrogens is 302 g/mol. The van der Waals surface area contributed by atoms with Crippen LogP contribution in [0.4, 0.5) is 0 Å². The summed E-state index contributed by atoms with van der Waals surface area (Å²) in [6.45, 7) is 10.1. The standard InChI is InChI=1S/C19H31N3O2/c1-3-22(4-2)14-17-7-5-16(6-8-17)13-21-19(23)15-24-18-9-11-20-12-10-18/h5-8,18,20H,3-4,9-15H2,1-2H3,(H,21,23). The van der Waals surface area contributed by atoms with Crippen molar-refractivity contribution in [1.29, 1.82) is 0 Å². The maximum atomic E-state index is 11.9. The molecule has 1 fully saturated rings. The van der Waals surface area contributed by atoms with E-state index in [1.165, 1.54) is 5.56 Å². The lowest BCUT2D eigenvalue weighted by atomic mass is 10.1. The predicted octanol–water partition coefficient (Wildman–Crippen LogP) is 1.91. The Morgan fingerprint density at radius 1 is 1.17 bits per heavy atom. The lowest BCUT2D eigenvalue weighted by molar-refractivity contribution is -0.128. The van der Waals surface area contributed by atoms with E-state index in [0.717, 1.165) is 51.1 Å². The van der Waals surface area contributed by atoms with Crippen LogP contribution >= 0.6 is 0 Å². The van der Waals surface area contributed by atoms with Gasteiger partial charge in [-0.25, -0.2) is 0 Å². The molecule has 1 aromatic carbocycles. The maximum Gasteiger partial charge on any atom is 0.246 e. The van der Waals surface area contributed by atoms with Gasteiger partial charge in [0.1, 0.15) is 6.61 Å². The first-order chi connectivity index (χ1) is 11.7. The highest BCUT2D eigenvalue weighted by Crippen LogP contribution is 2.08. The third-order valence-corrected chi connectivity index (χ3v) is 4.55. The molecule has 0 aliphatic carbocycles. The lowest BCUT2D eigenvalue weighted by Crippen LogP contribution is -2.35. The van der Waals surface area contributed by atoms with Crippen molar-refractivity contribution < 1.29 is 9.53 Å². The molecule has 0 radical (unpaired) electrons. The summed E-state index contributed by atoms with van der Waals surface area (Å²) in [5, 5.41) is 6.22. The molecule has 0 bridgehead atoms. The molecule has 134 valence electrons. The number of rotatable bonds is 9. The van der Waals surface area contributed by atoms with E-state index in [1.807, 2.05) is 0 Å². The van der Waals surface area contributed by atoms with Crippen LogP contribution in [0.3, 0.4) is 0 Å². The fourth-order valence-corrected chi connectivity index (χ4v) is 2.88. The summed E-state index contributed by atoms with van der Waals surface area (Å²) >= 11 is 0. The first kappa shape index (κ1) is 18.9. The van der Waals surface area contributed by atoms with Crippen molar-refractivity contribution in [2.45, 2.75) is 45.9 Å². The second-order valence-corrected chi connectivity index (χ2v) is 6.31. The first-order valence-corrected chi connectivity index (χ1v) is 9.10. The molecule has 1 heterocycles. The van der Waals surface area contributed by atoms with E-state index in [4.69, 9.17) is 4.74 Å². The Morgan fingerprint density at radius 3 is 2.42 bits per heavy atom. The van der Waals surface area contributed by atoms with Gasteiger partial charge in [-0.1, -0.05) is 38.1 Å². The highest BCUT2D eigenvalue weighted by molar-refractivity contribution is 5.77. The minimum atomic E-state index is -0.0410. The fourth-order valence-electron chi connectivity index (χ4n) is 2.88. The molecule has 0 unspecified atom stereocenters. The first-order valence-electron chi connectivity index (χ1n) is 9.10. The van der Waals surface area contributed by atoms with E-state index in [-0.39, 0.29) is 18.6 Å². The highest BCUT2D eigenvalue weighted by atomic mass is 16.5. The molecule has 5 heteroatoms. The van der Waals surface area contributed by atoms with Gasteiger partial charge in [0.2, 0.25) is 5.91 Å². The van der Waals surface area contributed by atoms with Crippen LogP contribution in [0.5, 0.6) is 0 Å². The quantitative estimate of drug-likeness (QED) is 0.725. The van der Waals surface area contributed by atoms with Crippen LogP contribution in [0.1, 0.15) is 37.8 Å². The number of piperidine rings is 1. The van der Waals surface area contributed by atoms with E-state index < -0.39 is 0 Å². The number of nitrogens with zero attached hydrogens (tertiary/aromatic N) is 1. The zero-order valence-electron chi connectivity index (χ0n) is 15.0. The van der Waals surface area contributed by atoms with E-state index in [0.29, 0.717) is 6.54 Å². The summed E-state index contributed by atoms with van der Waals surface area (Å²) in [5.41, 5.74) is 2.43. The van der Waals surface area contributed by atoms with Gasteiger partial charge in [0.05, 0.1) is 6.10 Å². The number of carbonyl (C=O) groups excluding carboxylic acids is 1. The van der Waals surface area contributed by atoms with Gasteiger partial charge in [0.15, 0.2) is 0 Å². The van der Waals surface area contributed by atoms with Crippen LogP contribution in [0.2, 0.25) is 0 Å². The Labute approximate surface area is 145 Å². The molecule has 1 amide bonds. The zero-order chi connectivity index (χ0) is 17.2. The minimum Gasteiger partial charge on any atom is -0.368 e. The molecule has 0 spiro atoms. The minimum absolute atomic E-state index is 0.0410. The van der Waals surface area contributed by atoms with Gasteiger partial charge in [0.25, 0.3) is 0 Å². The maximum absolute atomic E-state index is 11.9. The molecule has 1 aliphatic rings. The van der Waals surface area contributed by atoms with Crippen molar-refractivity contribution in [1.82, 2.24) is 15.5 Å². The predicted molar refractivity (Wildman–Crippen MR) is 96.8 cm³/mol. The molecule has 1 aliphatic heterocycles. The van der Waals surface area contributed by atoms with Crippen molar-refractivity contribution in [3.8, 4) is 0 Å². The van der Waals surface area contributed by atoms with Gasteiger partial charge in [-0.15, -0.1) is 0 Å². The van der Waals surface area contributed by atoms with Crippen molar-refractivity contribution in [3.05, 3.63) is 35.4 Å². The average molecular weight is 333 g/mol. The molecule has 1 aromatic rings. The Hall–Kier alpha value is -1.43. The number of hydrogen-bond acceptors (Lipinski definition) is 4. The van der Waals surface area contributed by atoms with E-state index >= 15 is 0 Å². The van der Waals surface area contributed by atoms with E-state index in [9.17, 15) is 4.79 Å². The summed E-state index contributed by atoms with van der Waals surface area (Å²) in [5.74, 6) is -0.0410. The number of nitrogens with one attached hydrogen (secondary N) is 2. The average Bonchev–Trinajstić information content (AvgIpc) is 2.64. The smallest absolute Gasteiger partial charge is 0.246 e. The van der Waals surface area contributed by atoms with Crippen molar-refractivity contribution in [3.63, 3.8) is 0 Å². The third-order valence-electron chi connectivity index (χ3n) is 4.55. The van der Waals surface area contributed by atoms with Gasteiger partial charge in [0, 0.05) is 13.1 Å². The molecule has 0 atom stereocenters.